The summed E-state index contributed by atoms with van der Waals surface area (Å²) in [5.74, 6) is 0. The standard InChI is InChI=1S/C13H17IO5/c14-6-9-10(15)11(16)12(17)13(19-9)18-7-8-4-2-1-3-5-8/h1-5,9-13,15-17H,6-7H2/t9-,10-,11+,12+,13+/m1/s1. The van der Waals surface area contributed by atoms with Gasteiger partial charge in [0.25, 0.3) is 0 Å². The van der Waals surface area contributed by atoms with Crippen LogP contribution in [0.2, 0.25) is 0 Å². The van der Waals surface area contributed by atoms with Crippen molar-refractivity contribution >= 4 is 22.6 Å². The minimum Gasteiger partial charge on any atom is -0.388 e. The maximum absolute atomic E-state index is 9.84. The number of alkyl halides is 1. The van der Waals surface area contributed by atoms with E-state index in [1.807, 2.05) is 30.3 Å². The molecule has 0 aromatic heterocycles. The summed E-state index contributed by atoms with van der Waals surface area (Å²) >= 11 is 2.06. The second-order valence-corrected chi connectivity index (χ2v) is 5.35. The Bertz CT molecular complexity index is 386. The molecule has 1 saturated heterocycles. The van der Waals surface area contributed by atoms with E-state index < -0.39 is 30.7 Å². The van der Waals surface area contributed by atoms with Crippen LogP contribution >= 0.6 is 22.6 Å². The van der Waals surface area contributed by atoms with Crippen molar-refractivity contribution in [1.29, 1.82) is 0 Å². The van der Waals surface area contributed by atoms with Gasteiger partial charge in [0.1, 0.15) is 18.3 Å². The molecule has 0 radical (unpaired) electrons. The molecule has 1 aliphatic rings. The first-order valence-corrected chi connectivity index (χ1v) is 7.57. The fourth-order valence-electron chi connectivity index (χ4n) is 1.93. The molecular weight excluding hydrogens is 363 g/mol. The van der Waals surface area contributed by atoms with Crippen LogP contribution < -0.4 is 0 Å². The van der Waals surface area contributed by atoms with Crippen LogP contribution in [0.5, 0.6) is 0 Å². The van der Waals surface area contributed by atoms with E-state index in [1.54, 1.807) is 0 Å². The summed E-state index contributed by atoms with van der Waals surface area (Å²) < 4.78 is 11.5. The first kappa shape index (κ1) is 15.1. The Balaban J connectivity index is 1.95. The molecule has 0 aliphatic carbocycles. The van der Waals surface area contributed by atoms with Crippen LogP contribution in [-0.4, -0.2) is 50.5 Å². The van der Waals surface area contributed by atoms with Gasteiger partial charge in [-0.25, -0.2) is 0 Å². The lowest BCUT2D eigenvalue weighted by atomic mass is 10.00. The van der Waals surface area contributed by atoms with Gasteiger partial charge in [-0.1, -0.05) is 52.9 Å². The Hall–Kier alpha value is -0.250. The maximum atomic E-state index is 9.84. The Morgan fingerprint density at radius 3 is 2.37 bits per heavy atom. The molecule has 2 rings (SSSR count). The third kappa shape index (κ3) is 3.65. The molecule has 5 nitrogen and oxygen atoms in total. The van der Waals surface area contributed by atoms with Gasteiger partial charge in [0.05, 0.1) is 12.7 Å². The van der Waals surface area contributed by atoms with Gasteiger partial charge in [0.2, 0.25) is 0 Å². The van der Waals surface area contributed by atoms with Crippen molar-refractivity contribution in [2.45, 2.75) is 37.3 Å². The average molecular weight is 380 g/mol. The average Bonchev–Trinajstić information content (AvgIpc) is 2.45. The van der Waals surface area contributed by atoms with Crippen LogP contribution in [0.15, 0.2) is 30.3 Å². The number of aliphatic hydroxyl groups excluding tert-OH is 3. The van der Waals surface area contributed by atoms with Crippen LogP contribution in [0.1, 0.15) is 5.56 Å². The molecule has 1 heterocycles. The summed E-state index contributed by atoms with van der Waals surface area (Å²) in [6.45, 7) is 0.277. The summed E-state index contributed by atoms with van der Waals surface area (Å²) in [5.41, 5.74) is 0.949. The third-order valence-corrected chi connectivity index (χ3v) is 3.95. The van der Waals surface area contributed by atoms with E-state index >= 15 is 0 Å². The van der Waals surface area contributed by atoms with Crippen molar-refractivity contribution in [3.8, 4) is 0 Å². The van der Waals surface area contributed by atoms with E-state index in [1.165, 1.54) is 0 Å². The second-order valence-electron chi connectivity index (χ2n) is 4.47. The molecule has 0 amide bonds. The first-order valence-electron chi connectivity index (χ1n) is 6.04. The minimum absolute atomic E-state index is 0.277. The number of benzene rings is 1. The fraction of sp³-hybridized carbons (Fsp3) is 0.538. The number of rotatable bonds is 4. The maximum Gasteiger partial charge on any atom is 0.186 e. The quantitative estimate of drug-likeness (QED) is 0.522. The zero-order chi connectivity index (χ0) is 13.8. The number of aliphatic hydroxyl groups is 3. The van der Waals surface area contributed by atoms with Gasteiger partial charge in [-0.3, -0.25) is 0 Å². The van der Waals surface area contributed by atoms with Crippen molar-refractivity contribution < 1.29 is 24.8 Å². The van der Waals surface area contributed by atoms with Gasteiger partial charge in [-0.05, 0) is 5.56 Å². The Kier molecular flexibility index (Phi) is 5.55. The second kappa shape index (κ2) is 6.96. The summed E-state index contributed by atoms with van der Waals surface area (Å²) in [4.78, 5) is 0. The van der Waals surface area contributed by atoms with Crippen molar-refractivity contribution in [2.24, 2.45) is 0 Å². The molecule has 0 saturated carbocycles. The number of ether oxygens (including phenoxy) is 2. The van der Waals surface area contributed by atoms with Crippen LogP contribution in [-0.2, 0) is 16.1 Å². The molecule has 1 fully saturated rings. The molecule has 0 unspecified atom stereocenters. The van der Waals surface area contributed by atoms with Gasteiger partial charge >= 0.3 is 0 Å². The molecule has 19 heavy (non-hydrogen) atoms. The van der Waals surface area contributed by atoms with Gasteiger partial charge in [-0.15, -0.1) is 0 Å². The lowest BCUT2D eigenvalue weighted by Gasteiger charge is -2.39. The van der Waals surface area contributed by atoms with Crippen LogP contribution in [0.4, 0.5) is 0 Å². The van der Waals surface area contributed by atoms with E-state index in [4.69, 9.17) is 9.47 Å². The molecule has 0 bridgehead atoms. The zero-order valence-corrected chi connectivity index (χ0v) is 12.4. The van der Waals surface area contributed by atoms with E-state index in [2.05, 4.69) is 22.6 Å². The molecule has 0 spiro atoms. The summed E-state index contributed by atoms with van der Waals surface area (Å²) in [6, 6.07) is 9.49. The van der Waals surface area contributed by atoms with Crippen LogP contribution in [0.25, 0.3) is 0 Å². The van der Waals surface area contributed by atoms with E-state index in [9.17, 15) is 15.3 Å². The summed E-state index contributed by atoms with van der Waals surface area (Å²) in [5, 5.41) is 29.3. The third-order valence-electron chi connectivity index (χ3n) is 3.08. The van der Waals surface area contributed by atoms with Crippen molar-refractivity contribution in [1.82, 2.24) is 0 Å². The number of halogens is 1. The van der Waals surface area contributed by atoms with E-state index in [0.717, 1.165) is 5.56 Å². The zero-order valence-electron chi connectivity index (χ0n) is 10.2. The molecule has 1 aromatic rings. The smallest absolute Gasteiger partial charge is 0.186 e. The fourth-order valence-corrected chi connectivity index (χ4v) is 2.66. The lowest BCUT2D eigenvalue weighted by molar-refractivity contribution is -0.294. The highest BCUT2D eigenvalue weighted by Crippen LogP contribution is 2.24. The molecular formula is C13H17IO5. The van der Waals surface area contributed by atoms with Crippen LogP contribution in [0, 0.1) is 0 Å². The predicted molar refractivity (Wildman–Crippen MR) is 76.8 cm³/mol. The molecule has 6 heteroatoms. The van der Waals surface area contributed by atoms with Gasteiger partial charge in [-0.2, -0.15) is 0 Å². The largest absolute Gasteiger partial charge is 0.388 e. The van der Waals surface area contributed by atoms with Gasteiger partial charge in [0, 0.05) is 4.43 Å². The summed E-state index contributed by atoms with van der Waals surface area (Å²) in [6.07, 6.45) is -5.08. The number of hydrogen-bond acceptors (Lipinski definition) is 5. The topological polar surface area (TPSA) is 79.2 Å². The first-order chi connectivity index (χ1) is 9.13. The Morgan fingerprint density at radius 1 is 1.05 bits per heavy atom. The normalized spacial score (nSPS) is 35.3. The van der Waals surface area contributed by atoms with Crippen molar-refractivity contribution in [3.05, 3.63) is 35.9 Å². The highest BCUT2D eigenvalue weighted by Gasteiger charge is 2.43. The van der Waals surface area contributed by atoms with Crippen LogP contribution in [0.3, 0.4) is 0 Å². The van der Waals surface area contributed by atoms with Crippen molar-refractivity contribution in [3.63, 3.8) is 0 Å². The Morgan fingerprint density at radius 2 is 1.74 bits per heavy atom. The highest BCUT2D eigenvalue weighted by molar-refractivity contribution is 14.1. The van der Waals surface area contributed by atoms with E-state index in [-0.39, 0.29) is 6.61 Å². The lowest BCUT2D eigenvalue weighted by Crippen LogP contribution is -2.58. The minimum atomic E-state index is -1.26. The van der Waals surface area contributed by atoms with E-state index in [0.29, 0.717) is 4.43 Å². The molecule has 1 aliphatic heterocycles. The highest BCUT2D eigenvalue weighted by atomic mass is 127. The SMILES string of the molecule is O[C@@H]1[C@H](O)[C@@H](OCc2ccccc2)O[C@H](CI)[C@H]1O. The Labute approximate surface area is 125 Å². The van der Waals surface area contributed by atoms with Gasteiger partial charge in [0.15, 0.2) is 6.29 Å². The molecule has 5 atom stereocenters. The molecule has 1 aromatic carbocycles. The summed E-state index contributed by atoms with van der Waals surface area (Å²) in [7, 11) is 0. The van der Waals surface area contributed by atoms with Crippen molar-refractivity contribution in [2.75, 3.05) is 4.43 Å². The molecule has 106 valence electrons. The monoisotopic (exact) mass is 380 g/mol. The van der Waals surface area contributed by atoms with Gasteiger partial charge < -0.3 is 24.8 Å². The molecule has 3 N–H and O–H groups in total. The number of hydrogen-bond donors (Lipinski definition) is 3. The predicted octanol–water partition coefficient (Wildman–Crippen LogP) is 0.446.